The minimum Gasteiger partial charge on any atom is -0.492 e. The second-order valence-electron chi connectivity index (χ2n) is 6.46. The van der Waals surface area contributed by atoms with Crippen molar-refractivity contribution in [3.63, 3.8) is 0 Å². The highest BCUT2D eigenvalue weighted by Crippen LogP contribution is 2.26. The van der Waals surface area contributed by atoms with E-state index in [9.17, 15) is 9.59 Å². The van der Waals surface area contributed by atoms with Gasteiger partial charge in [-0.3, -0.25) is 9.59 Å². The molecule has 0 aliphatic carbocycles. The summed E-state index contributed by atoms with van der Waals surface area (Å²) in [5, 5.41) is 3.30. The highest BCUT2D eigenvalue weighted by atomic mass is 32.1. The first-order chi connectivity index (χ1) is 14.1. The molecule has 146 valence electrons. The highest BCUT2D eigenvalue weighted by Gasteiger charge is 2.17. The third-order valence-electron chi connectivity index (χ3n) is 4.56. The zero-order valence-electron chi connectivity index (χ0n) is 15.8. The van der Waals surface area contributed by atoms with Crippen molar-refractivity contribution in [2.75, 3.05) is 13.2 Å². The van der Waals surface area contributed by atoms with E-state index in [1.165, 1.54) is 17.7 Å². The first-order valence-corrected chi connectivity index (χ1v) is 9.98. The number of aromatic amines is 1. The van der Waals surface area contributed by atoms with E-state index in [1.54, 1.807) is 6.92 Å². The largest absolute Gasteiger partial charge is 0.492 e. The lowest BCUT2D eigenvalue weighted by Crippen LogP contribution is -2.28. The number of rotatable bonds is 6. The van der Waals surface area contributed by atoms with Gasteiger partial charge in [0.1, 0.15) is 17.2 Å². The molecule has 2 aromatic carbocycles. The van der Waals surface area contributed by atoms with Gasteiger partial charge in [-0.25, -0.2) is 4.98 Å². The number of nitrogens with one attached hydrogen (secondary N) is 2. The molecule has 1 amide bonds. The molecule has 6 nitrogen and oxygen atoms in total. The van der Waals surface area contributed by atoms with Crippen LogP contribution in [-0.2, 0) is 0 Å². The van der Waals surface area contributed by atoms with Crippen molar-refractivity contribution >= 4 is 27.5 Å². The maximum atomic E-state index is 12.5. The third-order valence-corrected chi connectivity index (χ3v) is 5.76. The molecule has 0 radical (unpaired) electrons. The number of hydrogen-bond acceptors (Lipinski definition) is 5. The lowest BCUT2D eigenvalue weighted by molar-refractivity contribution is 0.0950. The molecule has 0 aliphatic rings. The first-order valence-electron chi connectivity index (χ1n) is 9.17. The summed E-state index contributed by atoms with van der Waals surface area (Å²) < 4.78 is 5.71. The fourth-order valence-electron chi connectivity index (χ4n) is 3.08. The Kier molecular flexibility index (Phi) is 5.39. The van der Waals surface area contributed by atoms with E-state index in [0.717, 1.165) is 16.9 Å². The van der Waals surface area contributed by atoms with E-state index in [2.05, 4.69) is 27.4 Å². The Morgan fingerprint density at radius 1 is 1.10 bits per heavy atom. The molecule has 7 heteroatoms. The molecule has 0 fully saturated rings. The summed E-state index contributed by atoms with van der Waals surface area (Å²) in [5.41, 5.74) is 2.69. The molecule has 2 aromatic heterocycles. The van der Waals surface area contributed by atoms with Crippen molar-refractivity contribution in [2.45, 2.75) is 6.92 Å². The SMILES string of the molecule is Cc1c(C(=O)NCCOc2ccc(-c3ccccc3)cc2)sc2nc[nH]c(=O)c12. The molecule has 29 heavy (non-hydrogen) atoms. The van der Waals surface area contributed by atoms with Crippen LogP contribution in [0.1, 0.15) is 15.2 Å². The third kappa shape index (κ3) is 4.05. The summed E-state index contributed by atoms with van der Waals surface area (Å²) in [5.74, 6) is 0.514. The fraction of sp³-hybridized carbons (Fsp3) is 0.136. The standard InChI is InChI=1S/C22H19N3O3S/c1-14-18-20(26)24-13-25-22(18)29-19(14)21(27)23-11-12-28-17-9-7-16(8-10-17)15-5-3-2-4-6-15/h2-10,13H,11-12H2,1H3,(H,23,27)(H,24,25,26). The van der Waals surface area contributed by atoms with Gasteiger partial charge in [-0.05, 0) is 35.7 Å². The number of fused-ring (bicyclic) bond motifs is 1. The van der Waals surface area contributed by atoms with Gasteiger partial charge in [-0.2, -0.15) is 0 Å². The number of ether oxygens (including phenoxy) is 1. The summed E-state index contributed by atoms with van der Waals surface area (Å²) >= 11 is 1.22. The van der Waals surface area contributed by atoms with Gasteiger partial charge in [0, 0.05) is 0 Å². The number of benzene rings is 2. The zero-order valence-corrected chi connectivity index (χ0v) is 16.6. The van der Waals surface area contributed by atoms with Gasteiger partial charge in [-0.15, -0.1) is 11.3 Å². The van der Waals surface area contributed by atoms with E-state index in [1.807, 2.05) is 42.5 Å². The predicted octanol–water partition coefficient (Wildman–Crippen LogP) is 3.77. The number of nitrogens with zero attached hydrogens (tertiary/aromatic N) is 1. The molecule has 0 atom stereocenters. The number of aromatic nitrogens is 2. The number of H-pyrrole nitrogens is 1. The van der Waals surface area contributed by atoms with Crippen LogP contribution in [0.15, 0.2) is 65.7 Å². The van der Waals surface area contributed by atoms with Crippen LogP contribution in [0.25, 0.3) is 21.3 Å². The van der Waals surface area contributed by atoms with Gasteiger partial charge >= 0.3 is 0 Å². The van der Waals surface area contributed by atoms with E-state index >= 15 is 0 Å². The van der Waals surface area contributed by atoms with Crippen molar-refractivity contribution in [1.82, 2.24) is 15.3 Å². The van der Waals surface area contributed by atoms with Crippen LogP contribution in [0.3, 0.4) is 0 Å². The lowest BCUT2D eigenvalue weighted by atomic mass is 10.1. The van der Waals surface area contributed by atoms with E-state index < -0.39 is 0 Å². The number of amides is 1. The Hall–Kier alpha value is -3.45. The maximum Gasteiger partial charge on any atom is 0.261 e. The molecule has 0 unspecified atom stereocenters. The Labute approximate surface area is 171 Å². The van der Waals surface area contributed by atoms with Crippen LogP contribution in [0.4, 0.5) is 0 Å². The van der Waals surface area contributed by atoms with Gasteiger partial charge in [0.2, 0.25) is 0 Å². The summed E-state index contributed by atoms with van der Waals surface area (Å²) in [7, 11) is 0. The summed E-state index contributed by atoms with van der Waals surface area (Å²) in [6.45, 7) is 2.46. The Morgan fingerprint density at radius 2 is 1.83 bits per heavy atom. The molecule has 4 aromatic rings. The van der Waals surface area contributed by atoms with Crippen molar-refractivity contribution in [1.29, 1.82) is 0 Å². The van der Waals surface area contributed by atoms with Crippen LogP contribution in [0.2, 0.25) is 0 Å². The quantitative estimate of drug-likeness (QED) is 0.478. The van der Waals surface area contributed by atoms with Gasteiger partial charge in [0.15, 0.2) is 0 Å². The maximum absolute atomic E-state index is 12.5. The van der Waals surface area contributed by atoms with E-state index in [0.29, 0.717) is 33.8 Å². The Bertz CT molecular complexity index is 1200. The second-order valence-corrected chi connectivity index (χ2v) is 7.46. The second kappa shape index (κ2) is 8.28. The molecule has 4 rings (SSSR count). The monoisotopic (exact) mass is 405 g/mol. The van der Waals surface area contributed by atoms with Crippen molar-refractivity contribution in [2.24, 2.45) is 0 Å². The van der Waals surface area contributed by atoms with Crippen LogP contribution < -0.4 is 15.6 Å². The minimum absolute atomic E-state index is 0.229. The van der Waals surface area contributed by atoms with Crippen molar-refractivity contribution in [3.8, 4) is 16.9 Å². The number of carbonyl (C=O) groups is 1. The molecular formula is C22H19N3O3S. The summed E-state index contributed by atoms with van der Waals surface area (Å²) in [6.07, 6.45) is 1.35. The van der Waals surface area contributed by atoms with Crippen LogP contribution in [0.5, 0.6) is 5.75 Å². The molecule has 0 saturated carbocycles. The Balaban J connectivity index is 1.33. The van der Waals surface area contributed by atoms with E-state index in [-0.39, 0.29) is 11.5 Å². The normalized spacial score (nSPS) is 10.8. The highest BCUT2D eigenvalue weighted by molar-refractivity contribution is 7.20. The number of carbonyl (C=O) groups excluding carboxylic acids is 1. The van der Waals surface area contributed by atoms with Gasteiger partial charge in [0.25, 0.3) is 11.5 Å². The number of thiophene rings is 1. The minimum atomic E-state index is -0.231. The molecular weight excluding hydrogens is 386 g/mol. The van der Waals surface area contributed by atoms with Crippen molar-refractivity contribution < 1.29 is 9.53 Å². The van der Waals surface area contributed by atoms with E-state index in [4.69, 9.17) is 4.74 Å². The predicted molar refractivity (Wildman–Crippen MR) is 115 cm³/mol. The topological polar surface area (TPSA) is 84.1 Å². The van der Waals surface area contributed by atoms with Crippen LogP contribution >= 0.6 is 11.3 Å². The molecule has 0 spiro atoms. The molecule has 2 N–H and O–H groups in total. The van der Waals surface area contributed by atoms with Crippen LogP contribution in [-0.4, -0.2) is 29.0 Å². The van der Waals surface area contributed by atoms with Gasteiger partial charge < -0.3 is 15.0 Å². The molecule has 2 heterocycles. The molecule has 0 bridgehead atoms. The molecule has 0 aliphatic heterocycles. The van der Waals surface area contributed by atoms with Gasteiger partial charge in [-0.1, -0.05) is 42.5 Å². The number of aryl methyl sites for hydroxylation is 1. The van der Waals surface area contributed by atoms with Crippen LogP contribution in [0, 0.1) is 6.92 Å². The lowest BCUT2D eigenvalue weighted by Gasteiger charge is -2.08. The first kappa shape index (κ1) is 18.9. The van der Waals surface area contributed by atoms with Crippen molar-refractivity contribution in [3.05, 3.63) is 81.7 Å². The smallest absolute Gasteiger partial charge is 0.261 e. The van der Waals surface area contributed by atoms with Gasteiger partial charge in [0.05, 0.1) is 23.1 Å². The average Bonchev–Trinajstić information content (AvgIpc) is 3.10. The summed E-state index contributed by atoms with van der Waals surface area (Å²) in [6, 6.07) is 18.0. The fourth-order valence-corrected chi connectivity index (χ4v) is 4.15. The molecule has 0 saturated heterocycles. The average molecular weight is 405 g/mol. The Morgan fingerprint density at radius 3 is 2.55 bits per heavy atom. The zero-order chi connectivity index (χ0) is 20.2. The number of hydrogen-bond donors (Lipinski definition) is 2. The summed E-state index contributed by atoms with van der Waals surface area (Å²) in [4.78, 5) is 32.1.